The lowest BCUT2D eigenvalue weighted by molar-refractivity contribution is -0.140. The molecule has 0 radical (unpaired) electrons. The zero-order valence-electron chi connectivity index (χ0n) is 12.3. The van der Waals surface area contributed by atoms with Crippen molar-refractivity contribution in [3.05, 3.63) is 11.1 Å². The second-order valence-electron chi connectivity index (χ2n) is 4.95. The van der Waals surface area contributed by atoms with Crippen LogP contribution in [0, 0.1) is 17.2 Å². The minimum absolute atomic E-state index is 0.219. The van der Waals surface area contributed by atoms with Gasteiger partial charge in [-0.1, -0.05) is 13.8 Å². The summed E-state index contributed by atoms with van der Waals surface area (Å²) in [4.78, 5) is 17.8. The van der Waals surface area contributed by atoms with Gasteiger partial charge in [0.05, 0.1) is 31.7 Å². The van der Waals surface area contributed by atoms with Crippen molar-refractivity contribution >= 4 is 22.4 Å². The third-order valence-electron chi connectivity index (χ3n) is 2.70. The van der Waals surface area contributed by atoms with Gasteiger partial charge in [-0.15, -0.1) is 11.3 Å². The third-order valence-corrected chi connectivity index (χ3v) is 3.65. The fraction of sp³-hybridized carbons (Fsp3) is 0.643. The zero-order valence-corrected chi connectivity index (χ0v) is 13.1. The fourth-order valence-electron chi connectivity index (χ4n) is 1.78. The molecule has 6 heteroatoms. The molecule has 0 saturated carbocycles. The van der Waals surface area contributed by atoms with Gasteiger partial charge in [0, 0.05) is 24.9 Å². The van der Waals surface area contributed by atoms with Crippen molar-refractivity contribution < 1.29 is 9.53 Å². The predicted molar refractivity (Wildman–Crippen MR) is 79.7 cm³/mol. The molecule has 0 atom stereocenters. The van der Waals surface area contributed by atoms with Crippen LogP contribution in [0.15, 0.2) is 5.38 Å². The largest absolute Gasteiger partial charge is 0.469 e. The number of rotatable bonds is 8. The van der Waals surface area contributed by atoms with Crippen molar-refractivity contribution in [3.63, 3.8) is 0 Å². The molecule has 0 fully saturated rings. The van der Waals surface area contributed by atoms with Crippen LogP contribution in [0.1, 0.15) is 32.4 Å². The maximum atomic E-state index is 11.1. The summed E-state index contributed by atoms with van der Waals surface area (Å²) in [6.07, 6.45) is 1.43. The van der Waals surface area contributed by atoms with Crippen LogP contribution in [0.3, 0.4) is 0 Å². The van der Waals surface area contributed by atoms with Crippen LogP contribution in [-0.2, 0) is 16.0 Å². The highest BCUT2D eigenvalue weighted by atomic mass is 32.1. The van der Waals surface area contributed by atoms with Gasteiger partial charge >= 0.3 is 5.97 Å². The molecule has 0 aliphatic heterocycles. The molecule has 0 amide bonds. The molecular weight excluding hydrogens is 274 g/mol. The molecular formula is C14H21N3O2S. The van der Waals surface area contributed by atoms with Crippen LogP contribution in [0.4, 0.5) is 5.13 Å². The Kier molecular flexibility index (Phi) is 7.02. The molecule has 5 nitrogen and oxygen atoms in total. The number of anilines is 1. The average molecular weight is 295 g/mol. The third kappa shape index (κ3) is 5.57. The van der Waals surface area contributed by atoms with Crippen molar-refractivity contribution in [2.75, 3.05) is 25.1 Å². The lowest BCUT2D eigenvalue weighted by Gasteiger charge is -2.22. The lowest BCUT2D eigenvalue weighted by atomic mass is 10.2. The van der Waals surface area contributed by atoms with E-state index in [0.29, 0.717) is 31.7 Å². The van der Waals surface area contributed by atoms with Crippen molar-refractivity contribution in [3.8, 4) is 6.07 Å². The highest BCUT2D eigenvalue weighted by molar-refractivity contribution is 7.13. The zero-order chi connectivity index (χ0) is 15.0. The van der Waals surface area contributed by atoms with Gasteiger partial charge < -0.3 is 9.64 Å². The molecule has 20 heavy (non-hydrogen) atoms. The number of methoxy groups -OCH3 is 1. The van der Waals surface area contributed by atoms with Gasteiger partial charge in [-0.25, -0.2) is 4.98 Å². The summed E-state index contributed by atoms with van der Waals surface area (Å²) in [5.74, 6) is 0.291. The van der Waals surface area contributed by atoms with Gasteiger partial charge in [-0.3, -0.25) is 4.79 Å². The van der Waals surface area contributed by atoms with Gasteiger partial charge in [0.2, 0.25) is 0 Å². The van der Waals surface area contributed by atoms with E-state index in [0.717, 1.165) is 17.4 Å². The number of aryl methyl sites for hydroxylation is 1. The van der Waals surface area contributed by atoms with Gasteiger partial charge in [0.25, 0.3) is 0 Å². The van der Waals surface area contributed by atoms with Gasteiger partial charge in [0.15, 0.2) is 5.13 Å². The Hall–Kier alpha value is -1.61. The number of nitriles is 1. The number of aromatic nitrogens is 1. The molecule has 0 unspecified atom stereocenters. The second kappa shape index (κ2) is 8.54. The fourth-order valence-corrected chi connectivity index (χ4v) is 2.68. The maximum Gasteiger partial charge on any atom is 0.305 e. The van der Waals surface area contributed by atoms with Gasteiger partial charge in [-0.2, -0.15) is 5.26 Å². The Balaban J connectivity index is 2.65. The number of ether oxygens (including phenoxy) is 1. The topological polar surface area (TPSA) is 66.2 Å². The van der Waals surface area contributed by atoms with E-state index in [1.807, 2.05) is 5.38 Å². The van der Waals surface area contributed by atoms with Crippen LogP contribution in [0.5, 0.6) is 0 Å². The van der Waals surface area contributed by atoms with Gasteiger partial charge in [-0.05, 0) is 5.92 Å². The Morgan fingerprint density at radius 3 is 2.95 bits per heavy atom. The number of thiazole rings is 1. The first kappa shape index (κ1) is 16.4. The Morgan fingerprint density at radius 2 is 2.35 bits per heavy atom. The van der Waals surface area contributed by atoms with E-state index in [1.54, 1.807) is 11.3 Å². The summed E-state index contributed by atoms with van der Waals surface area (Å²) in [5, 5.41) is 11.6. The summed E-state index contributed by atoms with van der Waals surface area (Å²) in [5.41, 5.74) is 0.904. The summed E-state index contributed by atoms with van der Waals surface area (Å²) in [6, 6.07) is 2.17. The van der Waals surface area contributed by atoms with Crippen molar-refractivity contribution in [2.45, 2.75) is 33.1 Å². The van der Waals surface area contributed by atoms with Crippen LogP contribution in [-0.4, -0.2) is 31.2 Å². The molecule has 1 heterocycles. The summed E-state index contributed by atoms with van der Waals surface area (Å²) in [6.45, 7) is 5.86. The van der Waals surface area contributed by atoms with E-state index in [4.69, 9.17) is 5.26 Å². The number of carbonyl (C=O) groups is 1. The van der Waals surface area contributed by atoms with Crippen molar-refractivity contribution in [1.82, 2.24) is 4.98 Å². The summed E-state index contributed by atoms with van der Waals surface area (Å²) < 4.78 is 4.62. The van der Waals surface area contributed by atoms with E-state index in [1.165, 1.54) is 7.11 Å². The maximum absolute atomic E-state index is 11.1. The van der Waals surface area contributed by atoms with Crippen LogP contribution in [0.2, 0.25) is 0 Å². The van der Waals surface area contributed by atoms with E-state index in [2.05, 4.69) is 34.5 Å². The van der Waals surface area contributed by atoms with Crippen LogP contribution >= 0.6 is 11.3 Å². The molecule has 1 aromatic heterocycles. The summed E-state index contributed by atoms with van der Waals surface area (Å²) in [7, 11) is 1.39. The van der Waals surface area contributed by atoms with Crippen LogP contribution in [0.25, 0.3) is 0 Å². The first-order chi connectivity index (χ1) is 9.56. The molecule has 0 aliphatic carbocycles. The first-order valence-electron chi connectivity index (χ1n) is 6.70. The second-order valence-corrected chi connectivity index (χ2v) is 5.78. The highest BCUT2D eigenvalue weighted by Gasteiger charge is 2.13. The van der Waals surface area contributed by atoms with Crippen molar-refractivity contribution in [2.24, 2.45) is 5.92 Å². The first-order valence-corrected chi connectivity index (χ1v) is 7.58. The predicted octanol–water partition coefficient (Wildman–Crippen LogP) is 2.62. The number of carbonyl (C=O) groups excluding carboxylic acids is 1. The SMILES string of the molecule is COC(=O)CCc1csc(N(CCC#N)CC(C)C)n1. The number of hydrogen-bond acceptors (Lipinski definition) is 6. The standard InChI is InChI=1S/C14H21N3O2S/c1-11(2)9-17(8-4-7-15)14-16-12(10-20-14)5-6-13(18)19-3/h10-11H,4-6,8-9H2,1-3H3. The monoisotopic (exact) mass is 295 g/mol. The minimum Gasteiger partial charge on any atom is -0.469 e. The number of hydrogen-bond donors (Lipinski definition) is 0. The molecule has 0 aromatic carbocycles. The normalized spacial score (nSPS) is 10.3. The Morgan fingerprint density at radius 1 is 1.60 bits per heavy atom. The molecule has 0 spiro atoms. The molecule has 0 aliphatic rings. The molecule has 110 valence electrons. The summed E-state index contributed by atoms with van der Waals surface area (Å²) >= 11 is 1.56. The smallest absolute Gasteiger partial charge is 0.305 e. The molecule has 0 bridgehead atoms. The molecule has 1 rings (SSSR count). The van der Waals surface area contributed by atoms with Crippen molar-refractivity contribution in [1.29, 1.82) is 5.26 Å². The number of esters is 1. The van der Waals surface area contributed by atoms with E-state index >= 15 is 0 Å². The quantitative estimate of drug-likeness (QED) is 0.690. The molecule has 0 saturated heterocycles. The van der Waals surface area contributed by atoms with Crippen LogP contribution < -0.4 is 4.90 Å². The van der Waals surface area contributed by atoms with Gasteiger partial charge in [0.1, 0.15) is 0 Å². The molecule has 1 aromatic rings. The lowest BCUT2D eigenvalue weighted by Crippen LogP contribution is -2.28. The Bertz CT molecular complexity index is 465. The average Bonchev–Trinajstić information content (AvgIpc) is 2.89. The minimum atomic E-state index is -0.219. The van der Waals surface area contributed by atoms with E-state index in [-0.39, 0.29) is 5.97 Å². The molecule has 0 N–H and O–H groups in total. The van der Waals surface area contributed by atoms with E-state index < -0.39 is 0 Å². The highest BCUT2D eigenvalue weighted by Crippen LogP contribution is 2.22. The van der Waals surface area contributed by atoms with E-state index in [9.17, 15) is 4.79 Å². The number of nitrogens with zero attached hydrogens (tertiary/aromatic N) is 3. The Labute approximate surface area is 124 Å².